The molecule has 2 aliphatic rings. The summed E-state index contributed by atoms with van der Waals surface area (Å²) in [5.41, 5.74) is 10.5. The molecule has 0 amide bonds. The molecule has 5 nitrogen and oxygen atoms in total. The second kappa shape index (κ2) is 15.0. The number of aromatic nitrogens is 2. The van der Waals surface area contributed by atoms with Crippen molar-refractivity contribution in [2.45, 2.75) is 84.0 Å². The molecule has 9 rings (SSSR count). The zero-order valence-electron chi connectivity index (χ0n) is 32.3. The topological polar surface area (TPSA) is 33.5 Å². The van der Waals surface area contributed by atoms with E-state index in [4.69, 9.17) is 9.72 Å². The molecule has 55 heavy (non-hydrogen) atoms. The molecule has 0 saturated heterocycles. The van der Waals surface area contributed by atoms with Gasteiger partial charge in [0.25, 0.3) is 0 Å². The number of hydrogen-bond acceptors (Lipinski definition) is 4. The van der Waals surface area contributed by atoms with Crippen LogP contribution in [0.25, 0.3) is 27.6 Å². The van der Waals surface area contributed by atoms with E-state index < -0.39 is 0 Å². The molecule has 282 valence electrons. The fourth-order valence-electron chi connectivity index (χ4n) is 8.23. The molecule has 0 spiro atoms. The van der Waals surface area contributed by atoms with Crippen molar-refractivity contribution in [1.29, 1.82) is 0 Å². The Morgan fingerprint density at radius 1 is 0.745 bits per heavy atom. The summed E-state index contributed by atoms with van der Waals surface area (Å²) in [5.74, 6) is 3.15. The fourth-order valence-corrected chi connectivity index (χ4v) is 8.23. The fraction of sp³-hybridized carbons (Fsp3) is 0.265. The van der Waals surface area contributed by atoms with Gasteiger partial charge in [-0.2, -0.15) is 12.1 Å². The summed E-state index contributed by atoms with van der Waals surface area (Å²) in [6.07, 6.45) is 8.44. The van der Waals surface area contributed by atoms with E-state index in [1.165, 1.54) is 54.5 Å². The van der Waals surface area contributed by atoms with E-state index in [0.717, 1.165) is 44.7 Å². The third-order valence-electron chi connectivity index (χ3n) is 11.2. The average molecular weight is 903 g/mol. The smallest absolute Gasteiger partial charge is 0.135 e. The standard InChI is InChI=1S/C49H47N4O.Pt/c1-33(2)35-24-25-50-48(28-35)53-44-19-10-9-18-42(44)43-23-22-41(31-47(43)53)54-40-17-13-16-38(30-40)51-32-52(46-21-12-11-20-45(46)51)39-27-36(34-14-7-6-8-15-34)26-37(29-39)49(3,4)5;/h9-13,16-29,32-34H,6-8,14-15H2,1-5H3;/q-3;. The Morgan fingerprint density at radius 2 is 1.49 bits per heavy atom. The first-order chi connectivity index (χ1) is 26.2. The minimum atomic E-state index is 0. The van der Waals surface area contributed by atoms with Crippen molar-refractivity contribution in [3.63, 3.8) is 0 Å². The second-order valence-corrected chi connectivity index (χ2v) is 16.3. The van der Waals surface area contributed by atoms with Crippen LogP contribution in [0.2, 0.25) is 0 Å². The van der Waals surface area contributed by atoms with Crippen LogP contribution in [0.3, 0.4) is 0 Å². The largest absolute Gasteiger partial charge is 0.509 e. The Bertz CT molecular complexity index is 2490. The summed E-state index contributed by atoms with van der Waals surface area (Å²) >= 11 is 0. The van der Waals surface area contributed by atoms with Gasteiger partial charge in [0, 0.05) is 61.3 Å². The normalized spacial score (nSPS) is 14.8. The molecule has 1 saturated carbocycles. The van der Waals surface area contributed by atoms with Gasteiger partial charge in [-0.15, -0.1) is 48.1 Å². The number of benzene rings is 5. The molecule has 1 fully saturated rings. The molecule has 5 aromatic carbocycles. The summed E-state index contributed by atoms with van der Waals surface area (Å²) in [4.78, 5) is 9.38. The molecule has 3 heterocycles. The Balaban J connectivity index is 0.00000427. The van der Waals surface area contributed by atoms with Crippen LogP contribution in [-0.4, -0.2) is 9.55 Å². The Kier molecular flexibility index (Phi) is 10.1. The van der Waals surface area contributed by atoms with E-state index in [9.17, 15) is 0 Å². The van der Waals surface area contributed by atoms with Crippen molar-refractivity contribution in [2.24, 2.45) is 0 Å². The Hall–Kier alpha value is -4.86. The summed E-state index contributed by atoms with van der Waals surface area (Å²) < 4.78 is 8.77. The second-order valence-electron chi connectivity index (χ2n) is 16.3. The molecule has 1 aliphatic carbocycles. The van der Waals surface area contributed by atoms with Crippen LogP contribution in [0.5, 0.6) is 11.5 Å². The van der Waals surface area contributed by atoms with Gasteiger partial charge in [0.1, 0.15) is 5.82 Å². The van der Waals surface area contributed by atoms with Gasteiger partial charge < -0.3 is 19.1 Å². The summed E-state index contributed by atoms with van der Waals surface area (Å²) in [5, 5.41) is 2.27. The van der Waals surface area contributed by atoms with Gasteiger partial charge in [-0.25, -0.2) is 4.98 Å². The summed E-state index contributed by atoms with van der Waals surface area (Å²) in [7, 11) is 0. The molecule has 2 aromatic heterocycles. The molecule has 0 unspecified atom stereocenters. The molecule has 0 N–H and O–H groups in total. The van der Waals surface area contributed by atoms with E-state index in [1.807, 2.05) is 24.4 Å². The summed E-state index contributed by atoms with van der Waals surface area (Å²) in [6, 6.07) is 46.1. The van der Waals surface area contributed by atoms with Crippen LogP contribution in [0.1, 0.15) is 95.2 Å². The molecule has 0 radical (unpaired) electrons. The van der Waals surface area contributed by atoms with Gasteiger partial charge >= 0.3 is 0 Å². The van der Waals surface area contributed by atoms with Gasteiger partial charge in [0.15, 0.2) is 0 Å². The predicted octanol–water partition coefficient (Wildman–Crippen LogP) is 13.4. The number of pyridine rings is 1. The molecule has 6 heteroatoms. The van der Waals surface area contributed by atoms with Crippen LogP contribution in [0.4, 0.5) is 22.7 Å². The first-order valence-electron chi connectivity index (χ1n) is 19.5. The number of rotatable bonds is 7. The first-order valence-corrected chi connectivity index (χ1v) is 19.5. The van der Waals surface area contributed by atoms with E-state index in [0.29, 0.717) is 23.3 Å². The molecule has 7 aromatic rings. The maximum atomic E-state index is 6.57. The monoisotopic (exact) mass is 902 g/mol. The van der Waals surface area contributed by atoms with Crippen molar-refractivity contribution >= 4 is 44.6 Å². The maximum Gasteiger partial charge on any atom is 0.135 e. The molecular weight excluding hydrogens is 856 g/mol. The van der Waals surface area contributed by atoms with E-state index >= 15 is 0 Å². The van der Waals surface area contributed by atoms with Crippen molar-refractivity contribution in [1.82, 2.24) is 9.55 Å². The minimum Gasteiger partial charge on any atom is -0.509 e. The van der Waals surface area contributed by atoms with E-state index in [-0.39, 0.29) is 26.5 Å². The van der Waals surface area contributed by atoms with E-state index in [1.54, 1.807) is 0 Å². The number of nitrogens with zero attached hydrogens (tertiary/aromatic N) is 4. The zero-order valence-corrected chi connectivity index (χ0v) is 34.5. The van der Waals surface area contributed by atoms with E-state index in [2.05, 4.69) is 159 Å². The SMILES string of the molecule is CC(C)c1ccnc(-n2c3[c-]c(Oc4[c-]c(N5[CH-]N(c6cc(C7CCCCC7)cc(C(C)(C)C)c6)c6ccccc65)ccc4)ccc3c3ccccc32)c1.[Pt]. The van der Waals surface area contributed by atoms with Crippen LogP contribution < -0.4 is 14.5 Å². The molecule has 1 aliphatic heterocycles. The predicted molar refractivity (Wildman–Crippen MR) is 223 cm³/mol. The van der Waals surface area contributed by atoms with Crippen molar-refractivity contribution < 1.29 is 25.8 Å². The third kappa shape index (κ3) is 7.09. The third-order valence-corrected chi connectivity index (χ3v) is 11.2. The van der Waals surface area contributed by atoms with Crippen LogP contribution >= 0.6 is 0 Å². The number of para-hydroxylation sites is 3. The number of ether oxygens (including phenoxy) is 1. The Morgan fingerprint density at radius 3 is 2.27 bits per heavy atom. The first kappa shape index (κ1) is 37.1. The number of fused-ring (bicyclic) bond motifs is 4. The molecule has 0 atom stereocenters. The van der Waals surface area contributed by atoms with Crippen molar-refractivity contribution in [3.8, 4) is 17.3 Å². The van der Waals surface area contributed by atoms with Crippen LogP contribution in [0, 0.1) is 18.8 Å². The molecule has 0 bridgehead atoms. The number of anilines is 4. The zero-order chi connectivity index (χ0) is 37.0. The van der Waals surface area contributed by atoms with Crippen molar-refractivity contribution in [3.05, 3.63) is 151 Å². The van der Waals surface area contributed by atoms with Gasteiger partial charge in [-0.05, 0) is 94.6 Å². The average Bonchev–Trinajstić information content (AvgIpc) is 3.74. The van der Waals surface area contributed by atoms with Crippen LogP contribution in [0.15, 0.2) is 115 Å². The van der Waals surface area contributed by atoms with Crippen molar-refractivity contribution in [2.75, 3.05) is 9.80 Å². The van der Waals surface area contributed by atoms with Gasteiger partial charge in [-0.1, -0.05) is 95.8 Å². The Labute approximate surface area is 340 Å². The van der Waals surface area contributed by atoms with Crippen LogP contribution in [-0.2, 0) is 26.5 Å². The summed E-state index contributed by atoms with van der Waals surface area (Å²) in [6.45, 7) is 13.6. The quantitative estimate of drug-likeness (QED) is 0.149. The van der Waals surface area contributed by atoms with Gasteiger partial charge in [0.2, 0.25) is 0 Å². The number of hydrogen-bond donors (Lipinski definition) is 0. The van der Waals surface area contributed by atoms with Gasteiger partial charge in [-0.3, -0.25) is 0 Å². The van der Waals surface area contributed by atoms with Gasteiger partial charge in [0.05, 0.1) is 0 Å². The molecular formula is C49H47N4OPt-3. The maximum absolute atomic E-state index is 6.57. The minimum absolute atomic E-state index is 0.